The minimum absolute atomic E-state index is 0.128. The molecule has 0 unspecified atom stereocenters. The lowest BCUT2D eigenvalue weighted by Crippen LogP contribution is -2.50. The van der Waals surface area contributed by atoms with Crippen LogP contribution in [0.4, 0.5) is 18.9 Å². The first-order valence-electron chi connectivity index (χ1n) is 10.5. The van der Waals surface area contributed by atoms with Crippen LogP contribution in [0.5, 0.6) is 0 Å². The van der Waals surface area contributed by atoms with Gasteiger partial charge in [0.1, 0.15) is 0 Å². The van der Waals surface area contributed by atoms with Crippen molar-refractivity contribution in [3.63, 3.8) is 0 Å². The van der Waals surface area contributed by atoms with E-state index in [4.69, 9.17) is 0 Å². The zero-order valence-corrected chi connectivity index (χ0v) is 18.3. The maximum Gasteiger partial charge on any atom is 0.416 e. The zero-order chi connectivity index (χ0) is 23.8. The number of Topliss-reactive ketones (excluding diaryl/α,β-unsaturated/α-hetero) is 1. The molecule has 0 radical (unpaired) electrons. The van der Waals surface area contributed by atoms with E-state index in [1.807, 2.05) is 30.3 Å². The van der Waals surface area contributed by atoms with Gasteiger partial charge in [-0.25, -0.2) is 4.68 Å². The molecule has 1 fully saturated rings. The van der Waals surface area contributed by atoms with E-state index >= 15 is 0 Å². The molecule has 0 saturated carbocycles. The average Bonchev–Trinajstić information content (AvgIpc) is 3.12. The summed E-state index contributed by atoms with van der Waals surface area (Å²) >= 11 is 0. The minimum Gasteiger partial charge on any atom is -0.368 e. The number of amides is 1. The number of rotatable bonds is 4. The predicted octanol–water partition coefficient (Wildman–Crippen LogP) is 4.04. The summed E-state index contributed by atoms with van der Waals surface area (Å²) in [5, 5.41) is 4.25. The van der Waals surface area contributed by atoms with E-state index in [0.717, 1.165) is 17.8 Å². The number of benzene rings is 2. The molecular formula is C24H23F3N4O2. The zero-order valence-electron chi connectivity index (χ0n) is 18.3. The molecule has 0 atom stereocenters. The Morgan fingerprint density at radius 3 is 2.15 bits per heavy atom. The van der Waals surface area contributed by atoms with E-state index in [9.17, 15) is 22.8 Å². The highest BCUT2D eigenvalue weighted by Gasteiger charge is 2.33. The van der Waals surface area contributed by atoms with Gasteiger partial charge in [-0.05, 0) is 44.2 Å². The molecule has 1 saturated heterocycles. The fourth-order valence-electron chi connectivity index (χ4n) is 4.09. The molecule has 9 heteroatoms. The Kier molecular flexibility index (Phi) is 5.97. The Labute approximate surface area is 189 Å². The number of carbonyl (C=O) groups excluding carboxylic acids is 2. The van der Waals surface area contributed by atoms with Crippen LogP contribution < -0.4 is 4.90 Å². The van der Waals surface area contributed by atoms with Gasteiger partial charge in [-0.3, -0.25) is 9.59 Å². The van der Waals surface area contributed by atoms with E-state index in [1.54, 1.807) is 13.8 Å². The monoisotopic (exact) mass is 456 g/mol. The molecule has 2 aromatic carbocycles. The van der Waals surface area contributed by atoms with Gasteiger partial charge in [-0.2, -0.15) is 18.3 Å². The number of para-hydroxylation sites is 1. The van der Waals surface area contributed by atoms with E-state index in [1.165, 1.54) is 21.7 Å². The van der Waals surface area contributed by atoms with Crippen molar-refractivity contribution in [2.24, 2.45) is 0 Å². The standard InChI is InChI=1S/C24H23F3N4O2/c1-16-21(17(2)31(28-16)20-10-6-7-18(15-20)24(25,26)27)22(32)23(33)30-13-11-29(12-14-30)19-8-4-3-5-9-19/h3-10,15H,11-14H2,1-2H3. The molecule has 0 aliphatic carbocycles. The summed E-state index contributed by atoms with van der Waals surface area (Å²) in [5.74, 6) is -1.33. The van der Waals surface area contributed by atoms with E-state index in [0.29, 0.717) is 37.6 Å². The lowest BCUT2D eigenvalue weighted by Gasteiger charge is -2.35. The van der Waals surface area contributed by atoms with Crippen LogP contribution in [0.25, 0.3) is 5.69 Å². The molecule has 0 bridgehead atoms. The summed E-state index contributed by atoms with van der Waals surface area (Å²) < 4.78 is 40.6. The van der Waals surface area contributed by atoms with Gasteiger partial charge >= 0.3 is 6.18 Å². The molecule has 4 rings (SSSR count). The van der Waals surface area contributed by atoms with E-state index < -0.39 is 23.4 Å². The van der Waals surface area contributed by atoms with Crippen LogP contribution in [0, 0.1) is 13.8 Å². The van der Waals surface area contributed by atoms with Crippen molar-refractivity contribution in [3.05, 3.63) is 77.1 Å². The highest BCUT2D eigenvalue weighted by molar-refractivity contribution is 6.43. The van der Waals surface area contributed by atoms with Crippen molar-refractivity contribution in [1.29, 1.82) is 0 Å². The minimum atomic E-state index is -4.50. The van der Waals surface area contributed by atoms with Crippen molar-refractivity contribution in [1.82, 2.24) is 14.7 Å². The predicted molar refractivity (Wildman–Crippen MR) is 118 cm³/mol. The smallest absolute Gasteiger partial charge is 0.368 e. The first-order chi connectivity index (χ1) is 15.7. The fourth-order valence-corrected chi connectivity index (χ4v) is 4.09. The third kappa shape index (κ3) is 4.48. The lowest BCUT2D eigenvalue weighted by atomic mass is 10.1. The Hall–Kier alpha value is -3.62. The van der Waals surface area contributed by atoms with Crippen LogP contribution in [0.3, 0.4) is 0 Å². The lowest BCUT2D eigenvalue weighted by molar-refractivity contribution is -0.137. The van der Waals surface area contributed by atoms with Crippen molar-refractivity contribution < 1.29 is 22.8 Å². The number of aromatic nitrogens is 2. The molecule has 1 amide bonds. The number of hydrogen-bond acceptors (Lipinski definition) is 4. The largest absolute Gasteiger partial charge is 0.416 e. The number of ketones is 1. The van der Waals surface area contributed by atoms with E-state index in [2.05, 4.69) is 10.00 Å². The SMILES string of the molecule is Cc1nn(-c2cccc(C(F)(F)F)c2)c(C)c1C(=O)C(=O)N1CCN(c2ccccc2)CC1. The number of nitrogens with zero attached hydrogens (tertiary/aromatic N) is 4. The highest BCUT2D eigenvalue weighted by atomic mass is 19.4. The Balaban J connectivity index is 1.53. The van der Waals surface area contributed by atoms with Crippen LogP contribution in [0.2, 0.25) is 0 Å². The van der Waals surface area contributed by atoms with Crippen LogP contribution in [0.15, 0.2) is 54.6 Å². The molecule has 0 N–H and O–H groups in total. The van der Waals surface area contributed by atoms with Gasteiger partial charge in [0.2, 0.25) is 0 Å². The van der Waals surface area contributed by atoms with Crippen LogP contribution >= 0.6 is 0 Å². The molecule has 3 aromatic rings. The maximum atomic E-state index is 13.1. The second kappa shape index (κ2) is 8.73. The molecule has 33 heavy (non-hydrogen) atoms. The number of hydrogen-bond donors (Lipinski definition) is 0. The van der Waals surface area contributed by atoms with Gasteiger partial charge in [0.25, 0.3) is 11.7 Å². The number of anilines is 1. The van der Waals surface area contributed by atoms with Crippen LogP contribution in [-0.4, -0.2) is 52.5 Å². The van der Waals surface area contributed by atoms with Crippen LogP contribution in [-0.2, 0) is 11.0 Å². The summed E-state index contributed by atoms with van der Waals surface area (Å²) in [6, 6.07) is 14.5. The average molecular weight is 456 g/mol. The molecule has 1 aliphatic heterocycles. The van der Waals surface area contributed by atoms with E-state index in [-0.39, 0.29) is 11.3 Å². The summed E-state index contributed by atoms with van der Waals surface area (Å²) in [6.45, 7) is 5.16. The third-order valence-corrected chi connectivity index (χ3v) is 5.82. The Morgan fingerprint density at radius 2 is 1.52 bits per heavy atom. The van der Waals surface area contributed by atoms with Crippen molar-refractivity contribution in [3.8, 4) is 5.69 Å². The molecule has 2 heterocycles. The quantitative estimate of drug-likeness (QED) is 0.439. The van der Waals surface area contributed by atoms with Crippen LogP contribution in [0.1, 0.15) is 27.3 Å². The number of halogens is 3. The molecular weight excluding hydrogens is 433 g/mol. The molecule has 1 aromatic heterocycles. The first-order valence-corrected chi connectivity index (χ1v) is 10.5. The van der Waals surface area contributed by atoms with Gasteiger partial charge < -0.3 is 9.80 Å². The number of aryl methyl sites for hydroxylation is 1. The second-order valence-corrected chi connectivity index (χ2v) is 7.95. The maximum absolute atomic E-state index is 13.1. The van der Waals surface area contributed by atoms with Gasteiger partial charge in [0.15, 0.2) is 0 Å². The summed E-state index contributed by atoms with van der Waals surface area (Å²) in [5.41, 5.74) is 1.17. The van der Waals surface area contributed by atoms with Crippen molar-refractivity contribution in [2.75, 3.05) is 31.1 Å². The molecule has 6 nitrogen and oxygen atoms in total. The molecule has 172 valence electrons. The Morgan fingerprint density at radius 1 is 0.879 bits per heavy atom. The van der Waals surface area contributed by atoms with Gasteiger partial charge in [0.05, 0.1) is 28.2 Å². The Bertz CT molecular complexity index is 1180. The van der Waals surface area contributed by atoms with Gasteiger partial charge in [-0.1, -0.05) is 24.3 Å². The molecule has 1 aliphatic rings. The summed E-state index contributed by atoms with van der Waals surface area (Å²) in [7, 11) is 0. The number of alkyl halides is 3. The summed E-state index contributed by atoms with van der Waals surface area (Å²) in [6.07, 6.45) is -4.50. The van der Waals surface area contributed by atoms with Gasteiger partial charge in [0, 0.05) is 31.9 Å². The second-order valence-electron chi connectivity index (χ2n) is 7.95. The normalized spacial score (nSPS) is 14.5. The topological polar surface area (TPSA) is 58.4 Å². The van der Waals surface area contributed by atoms with Gasteiger partial charge in [-0.15, -0.1) is 0 Å². The summed E-state index contributed by atoms with van der Waals surface area (Å²) in [4.78, 5) is 29.7. The van der Waals surface area contributed by atoms with Crippen molar-refractivity contribution >= 4 is 17.4 Å². The first kappa shape index (κ1) is 22.6. The third-order valence-electron chi connectivity index (χ3n) is 5.82. The highest BCUT2D eigenvalue weighted by Crippen LogP contribution is 2.31. The number of piperazine rings is 1. The van der Waals surface area contributed by atoms with Crippen molar-refractivity contribution in [2.45, 2.75) is 20.0 Å². The molecule has 0 spiro atoms. The fraction of sp³-hybridized carbons (Fsp3) is 0.292. The number of carbonyl (C=O) groups is 2.